The quantitative estimate of drug-likeness (QED) is 0.779. The Balaban J connectivity index is 2.12. The van der Waals surface area contributed by atoms with Gasteiger partial charge in [-0.1, -0.05) is 28.1 Å². The van der Waals surface area contributed by atoms with E-state index in [0.717, 1.165) is 5.56 Å². The number of hydrogen-bond acceptors (Lipinski definition) is 2. The van der Waals surface area contributed by atoms with Gasteiger partial charge < -0.3 is 4.74 Å². The molecule has 0 saturated carbocycles. The van der Waals surface area contributed by atoms with Gasteiger partial charge in [-0.2, -0.15) is 5.26 Å². The van der Waals surface area contributed by atoms with Crippen LogP contribution in [0.5, 0.6) is 5.75 Å². The Kier molecular flexibility index (Phi) is 4.70. The summed E-state index contributed by atoms with van der Waals surface area (Å²) in [7, 11) is 0. The van der Waals surface area contributed by atoms with Crippen LogP contribution in [-0.2, 0) is 11.9 Å². The van der Waals surface area contributed by atoms with Gasteiger partial charge in [-0.15, -0.1) is 0 Å². The van der Waals surface area contributed by atoms with E-state index in [1.54, 1.807) is 24.3 Å². The van der Waals surface area contributed by atoms with Crippen LogP contribution in [0.3, 0.4) is 0 Å². The molecule has 0 N–H and O–H groups in total. The van der Waals surface area contributed by atoms with Gasteiger partial charge in [0.25, 0.3) is 0 Å². The van der Waals surface area contributed by atoms with Crippen LogP contribution in [0.15, 0.2) is 36.4 Å². The molecule has 2 nitrogen and oxygen atoms in total. The molecule has 102 valence electrons. The molecule has 0 fully saturated rings. The number of benzene rings is 2. The highest BCUT2D eigenvalue weighted by atomic mass is 79.9. The molecule has 2 rings (SSSR count). The third-order valence-corrected chi connectivity index (χ3v) is 3.33. The number of alkyl halides is 1. The van der Waals surface area contributed by atoms with E-state index in [1.165, 1.54) is 12.1 Å². The highest BCUT2D eigenvalue weighted by Crippen LogP contribution is 2.25. The SMILES string of the molecule is N#Cc1ccc(COc2c(F)cc(CBr)cc2F)cc1. The molecule has 0 bridgehead atoms. The van der Waals surface area contributed by atoms with Crippen LogP contribution in [0.2, 0.25) is 0 Å². The van der Waals surface area contributed by atoms with Gasteiger partial charge >= 0.3 is 0 Å². The molecule has 5 heteroatoms. The van der Waals surface area contributed by atoms with Gasteiger partial charge in [-0.3, -0.25) is 0 Å². The molecule has 0 unspecified atom stereocenters. The van der Waals surface area contributed by atoms with E-state index in [9.17, 15) is 8.78 Å². The predicted molar refractivity (Wildman–Crippen MR) is 74.5 cm³/mol. The average molecular weight is 338 g/mol. The number of ether oxygens (including phenoxy) is 1. The van der Waals surface area contributed by atoms with Crippen molar-refractivity contribution in [3.63, 3.8) is 0 Å². The van der Waals surface area contributed by atoms with E-state index in [-0.39, 0.29) is 12.4 Å². The van der Waals surface area contributed by atoms with Crippen molar-refractivity contribution in [2.75, 3.05) is 0 Å². The van der Waals surface area contributed by atoms with Crippen LogP contribution >= 0.6 is 15.9 Å². The van der Waals surface area contributed by atoms with Gasteiger partial charge in [0, 0.05) is 5.33 Å². The van der Waals surface area contributed by atoms with Crippen molar-refractivity contribution in [2.24, 2.45) is 0 Å². The first-order chi connectivity index (χ1) is 9.63. The number of rotatable bonds is 4. The minimum absolute atomic E-state index is 0.0349. The van der Waals surface area contributed by atoms with Crippen molar-refractivity contribution in [3.8, 4) is 11.8 Å². The van der Waals surface area contributed by atoms with E-state index in [1.807, 2.05) is 6.07 Å². The Morgan fingerprint density at radius 1 is 1.05 bits per heavy atom. The highest BCUT2D eigenvalue weighted by molar-refractivity contribution is 9.08. The topological polar surface area (TPSA) is 33.0 Å². The molecule has 2 aromatic carbocycles. The summed E-state index contributed by atoms with van der Waals surface area (Å²) in [5.41, 5.74) is 1.76. The highest BCUT2D eigenvalue weighted by Gasteiger charge is 2.12. The van der Waals surface area contributed by atoms with Crippen LogP contribution in [-0.4, -0.2) is 0 Å². The molecule has 0 spiro atoms. The summed E-state index contributed by atoms with van der Waals surface area (Å²) in [6.07, 6.45) is 0. The van der Waals surface area contributed by atoms with E-state index in [0.29, 0.717) is 16.5 Å². The molecule has 0 saturated heterocycles. The molecule has 0 atom stereocenters. The Labute approximate surface area is 123 Å². The maximum Gasteiger partial charge on any atom is 0.191 e. The van der Waals surface area contributed by atoms with Gasteiger partial charge in [0.1, 0.15) is 6.61 Å². The first kappa shape index (κ1) is 14.5. The summed E-state index contributed by atoms with van der Waals surface area (Å²) in [4.78, 5) is 0. The molecule has 0 aliphatic heterocycles. The van der Waals surface area contributed by atoms with Crippen molar-refractivity contribution in [1.29, 1.82) is 5.26 Å². The first-order valence-electron chi connectivity index (χ1n) is 5.79. The third-order valence-electron chi connectivity index (χ3n) is 2.68. The summed E-state index contributed by atoms with van der Waals surface area (Å²) in [6, 6.07) is 11.1. The van der Waals surface area contributed by atoms with Gasteiger partial charge in [0.15, 0.2) is 17.4 Å². The second-order valence-corrected chi connectivity index (χ2v) is 4.68. The number of nitrogens with zero attached hydrogens (tertiary/aromatic N) is 1. The number of halogens is 3. The first-order valence-corrected chi connectivity index (χ1v) is 6.92. The second kappa shape index (κ2) is 6.49. The zero-order valence-corrected chi connectivity index (χ0v) is 12.0. The molecule has 0 radical (unpaired) electrons. The van der Waals surface area contributed by atoms with Crippen molar-refractivity contribution in [1.82, 2.24) is 0 Å². The van der Waals surface area contributed by atoms with Crippen LogP contribution in [0.25, 0.3) is 0 Å². The summed E-state index contributed by atoms with van der Waals surface area (Å²) >= 11 is 3.14. The van der Waals surface area contributed by atoms with Crippen LogP contribution < -0.4 is 4.74 Å². The van der Waals surface area contributed by atoms with Crippen molar-refractivity contribution >= 4 is 15.9 Å². The minimum Gasteiger partial charge on any atom is -0.483 e. The van der Waals surface area contributed by atoms with Crippen molar-refractivity contribution in [2.45, 2.75) is 11.9 Å². The smallest absolute Gasteiger partial charge is 0.191 e. The van der Waals surface area contributed by atoms with E-state index in [2.05, 4.69) is 15.9 Å². The lowest BCUT2D eigenvalue weighted by Crippen LogP contribution is -2.01. The van der Waals surface area contributed by atoms with Crippen molar-refractivity contribution < 1.29 is 13.5 Å². The molecule has 0 aliphatic rings. The summed E-state index contributed by atoms with van der Waals surface area (Å²) in [5.74, 6) is -1.85. The van der Waals surface area contributed by atoms with E-state index in [4.69, 9.17) is 10.00 Å². The van der Waals surface area contributed by atoms with Gasteiger partial charge in [0.2, 0.25) is 0 Å². The molecular weight excluding hydrogens is 328 g/mol. The fourth-order valence-electron chi connectivity index (χ4n) is 1.66. The lowest BCUT2D eigenvalue weighted by molar-refractivity contribution is 0.274. The lowest BCUT2D eigenvalue weighted by Gasteiger charge is -2.09. The molecule has 0 aromatic heterocycles. The second-order valence-electron chi connectivity index (χ2n) is 4.12. The lowest BCUT2D eigenvalue weighted by atomic mass is 10.1. The molecule has 20 heavy (non-hydrogen) atoms. The summed E-state index contributed by atoms with van der Waals surface area (Å²) in [6.45, 7) is 0.0349. The van der Waals surface area contributed by atoms with Crippen molar-refractivity contribution in [3.05, 3.63) is 64.7 Å². The maximum absolute atomic E-state index is 13.7. The minimum atomic E-state index is -0.729. The molecule has 0 aliphatic carbocycles. The van der Waals surface area contributed by atoms with Gasteiger partial charge in [0.05, 0.1) is 11.6 Å². The summed E-state index contributed by atoms with van der Waals surface area (Å²) in [5, 5.41) is 9.05. The Morgan fingerprint density at radius 2 is 1.65 bits per heavy atom. The average Bonchev–Trinajstić information content (AvgIpc) is 2.46. The molecular formula is C15H10BrF2NO. The largest absolute Gasteiger partial charge is 0.483 e. The van der Waals surface area contributed by atoms with E-state index >= 15 is 0 Å². The fraction of sp³-hybridized carbons (Fsp3) is 0.133. The Morgan fingerprint density at radius 3 is 2.15 bits per heavy atom. The fourth-order valence-corrected chi connectivity index (χ4v) is 1.98. The van der Waals surface area contributed by atoms with Crippen LogP contribution in [0.1, 0.15) is 16.7 Å². The standard InChI is InChI=1S/C15H10BrF2NO/c16-7-12-5-13(17)15(14(18)6-12)20-9-11-3-1-10(8-19)2-4-11/h1-6H,7,9H2. The number of nitriles is 1. The monoisotopic (exact) mass is 337 g/mol. The molecule has 2 aromatic rings. The zero-order chi connectivity index (χ0) is 14.5. The summed E-state index contributed by atoms with van der Waals surface area (Å²) < 4.78 is 32.6. The predicted octanol–water partition coefficient (Wildman–Crippen LogP) is 4.31. The Bertz CT molecular complexity index is 627. The maximum atomic E-state index is 13.7. The number of hydrogen-bond donors (Lipinski definition) is 0. The normalized spacial score (nSPS) is 10.1. The van der Waals surface area contributed by atoms with Gasteiger partial charge in [-0.25, -0.2) is 8.78 Å². The Hall–Kier alpha value is -1.93. The molecule has 0 heterocycles. The third kappa shape index (κ3) is 3.34. The van der Waals surface area contributed by atoms with E-state index < -0.39 is 11.6 Å². The van der Waals surface area contributed by atoms with Crippen LogP contribution in [0.4, 0.5) is 8.78 Å². The molecule has 0 amide bonds. The van der Waals surface area contributed by atoms with Crippen LogP contribution in [0, 0.1) is 23.0 Å². The van der Waals surface area contributed by atoms with Gasteiger partial charge in [-0.05, 0) is 35.4 Å². The zero-order valence-electron chi connectivity index (χ0n) is 10.4.